The van der Waals surface area contributed by atoms with Gasteiger partial charge >= 0.3 is 11.8 Å². The first-order valence-electron chi connectivity index (χ1n) is 6.82. The van der Waals surface area contributed by atoms with Gasteiger partial charge in [0, 0.05) is 25.3 Å². The third-order valence-corrected chi connectivity index (χ3v) is 3.16. The van der Waals surface area contributed by atoms with Gasteiger partial charge in [-0.3, -0.25) is 9.59 Å². The zero-order valence-electron chi connectivity index (χ0n) is 11.9. The van der Waals surface area contributed by atoms with Crippen molar-refractivity contribution in [1.29, 1.82) is 0 Å². The Morgan fingerprint density at radius 3 is 2.80 bits per heavy atom. The molecule has 0 spiro atoms. The second kappa shape index (κ2) is 6.47. The van der Waals surface area contributed by atoms with Crippen LogP contribution in [0.4, 0.5) is 5.82 Å². The van der Waals surface area contributed by atoms with Gasteiger partial charge in [0.15, 0.2) is 0 Å². The number of pyridine rings is 1. The van der Waals surface area contributed by atoms with E-state index in [-0.39, 0.29) is 0 Å². The van der Waals surface area contributed by atoms with Gasteiger partial charge in [0.05, 0.1) is 0 Å². The topological polar surface area (TPSA) is 74.3 Å². The van der Waals surface area contributed by atoms with Crippen LogP contribution in [0.1, 0.15) is 17.7 Å². The molecule has 6 heteroatoms. The normalized spacial score (nSPS) is 15.6. The lowest BCUT2D eigenvalue weighted by molar-refractivity contribution is -0.143. The van der Waals surface area contributed by atoms with E-state index in [0.717, 1.165) is 30.8 Å². The van der Waals surface area contributed by atoms with E-state index in [1.54, 1.807) is 11.0 Å². The van der Waals surface area contributed by atoms with Crippen molar-refractivity contribution in [1.82, 2.24) is 15.2 Å². The fourth-order valence-corrected chi connectivity index (χ4v) is 2.27. The van der Waals surface area contributed by atoms with Gasteiger partial charge in [0.25, 0.3) is 0 Å². The molecule has 1 saturated heterocycles. The molecule has 2 amide bonds. The van der Waals surface area contributed by atoms with Crippen molar-refractivity contribution in [3.63, 3.8) is 0 Å². The Hall–Kier alpha value is -1.95. The molecule has 0 aliphatic carbocycles. The number of aromatic nitrogens is 1. The van der Waals surface area contributed by atoms with Gasteiger partial charge in [-0.1, -0.05) is 0 Å². The Morgan fingerprint density at radius 2 is 2.05 bits per heavy atom. The molecule has 0 atom stereocenters. The van der Waals surface area contributed by atoms with Gasteiger partial charge in [0.2, 0.25) is 0 Å². The van der Waals surface area contributed by atoms with Crippen LogP contribution in [0.25, 0.3) is 0 Å². The van der Waals surface area contributed by atoms with Crippen LogP contribution in [0, 0.1) is 13.8 Å². The maximum absolute atomic E-state index is 12.1. The highest BCUT2D eigenvalue weighted by molar-refractivity contribution is 6.39. The minimum atomic E-state index is -0.621. The highest BCUT2D eigenvalue weighted by Crippen LogP contribution is 2.09. The monoisotopic (exact) mass is 276 g/mol. The number of amides is 2. The molecule has 0 bridgehead atoms. The lowest BCUT2D eigenvalue weighted by atomic mass is 10.2. The van der Waals surface area contributed by atoms with Crippen LogP contribution in [0.2, 0.25) is 0 Å². The molecular formula is C14H20N4O2. The van der Waals surface area contributed by atoms with Crippen molar-refractivity contribution < 1.29 is 9.59 Å². The van der Waals surface area contributed by atoms with Crippen LogP contribution in [-0.2, 0) is 9.59 Å². The molecule has 1 aromatic rings. The second-order valence-electron chi connectivity index (χ2n) is 5.02. The highest BCUT2D eigenvalue weighted by atomic mass is 16.2. The number of hydrogen-bond acceptors (Lipinski definition) is 4. The van der Waals surface area contributed by atoms with Crippen LogP contribution in [0.3, 0.4) is 0 Å². The van der Waals surface area contributed by atoms with Crippen molar-refractivity contribution in [2.45, 2.75) is 20.3 Å². The Bertz CT molecular complexity index is 488. The summed E-state index contributed by atoms with van der Waals surface area (Å²) in [5.74, 6) is -0.687. The van der Waals surface area contributed by atoms with Crippen LogP contribution in [-0.4, -0.2) is 47.9 Å². The molecule has 108 valence electrons. The van der Waals surface area contributed by atoms with Gasteiger partial charge < -0.3 is 15.5 Å². The molecule has 2 N–H and O–H groups in total. The predicted molar refractivity (Wildman–Crippen MR) is 76.4 cm³/mol. The van der Waals surface area contributed by atoms with E-state index >= 15 is 0 Å². The molecule has 20 heavy (non-hydrogen) atoms. The molecule has 2 heterocycles. The maximum atomic E-state index is 12.1. The summed E-state index contributed by atoms with van der Waals surface area (Å²) in [5, 5.41) is 5.78. The largest absolute Gasteiger partial charge is 0.333 e. The second-order valence-corrected chi connectivity index (χ2v) is 5.02. The van der Waals surface area contributed by atoms with Crippen molar-refractivity contribution in [3.8, 4) is 0 Å². The summed E-state index contributed by atoms with van der Waals surface area (Å²) in [6.07, 6.45) is 0.862. The third kappa shape index (κ3) is 3.77. The molecule has 6 nitrogen and oxygen atoms in total. The standard InChI is InChI=1S/C14H20N4O2/c1-10-8-11(2)16-12(9-10)17-13(19)14(20)18-6-3-4-15-5-7-18/h8-9,15H,3-7H2,1-2H3,(H,16,17,19). The molecule has 1 fully saturated rings. The number of carbonyl (C=O) groups is 2. The van der Waals surface area contributed by atoms with E-state index in [1.165, 1.54) is 0 Å². The predicted octanol–water partition coefficient (Wildman–Crippen LogP) is 0.459. The number of hydrogen-bond donors (Lipinski definition) is 2. The Kier molecular flexibility index (Phi) is 4.68. The molecule has 0 saturated carbocycles. The zero-order valence-corrected chi connectivity index (χ0v) is 11.9. The average Bonchev–Trinajstić information content (AvgIpc) is 2.65. The van der Waals surface area contributed by atoms with Crippen molar-refractivity contribution in [3.05, 3.63) is 23.4 Å². The summed E-state index contributed by atoms with van der Waals surface area (Å²) < 4.78 is 0. The minimum Gasteiger partial charge on any atom is -0.333 e. The fraction of sp³-hybridized carbons (Fsp3) is 0.500. The summed E-state index contributed by atoms with van der Waals surface area (Å²) in [5.41, 5.74) is 1.81. The number of nitrogens with one attached hydrogen (secondary N) is 2. The van der Waals surface area contributed by atoms with Crippen LogP contribution >= 0.6 is 0 Å². The number of anilines is 1. The van der Waals surface area contributed by atoms with Crippen LogP contribution in [0.15, 0.2) is 12.1 Å². The van der Waals surface area contributed by atoms with E-state index in [2.05, 4.69) is 15.6 Å². The van der Waals surface area contributed by atoms with Gasteiger partial charge in [0.1, 0.15) is 5.82 Å². The number of aryl methyl sites for hydroxylation is 2. The third-order valence-electron chi connectivity index (χ3n) is 3.16. The van der Waals surface area contributed by atoms with Crippen molar-refractivity contribution in [2.75, 3.05) is 31.5 Å². The minimum absolute atomic E-state index is 0.425. The van der Waals surface area contributed by atoms with Gasteiger partial charge in [-0.05, 0) is 44.5 Å². The summed E-state index contributed by atoms with van der Waals surface area (Å²) in [4.78, 5) is 29.9. The van der Waals surface area contributed by atoms with Crippen molar-refractivity contribution in [2.24, 2.45) is 0 Å². The molecule has 1 aliphatic heterocycles. The molecule has 0 unspecified atom stereocenters. The van der Waals surface area contributed by atoms with Gasteiger partial charge in [-0.15, -0.1) is 0 Å². The molecular weight excluding hydrogens is 256 g/mol. The zero-order chi connectivity index (χ0) is 14.5. The number of carbonyl (C=O) groups excluding carboxylic acids is 2. The molecule has 0 radical (unpaired) electrons. The smallest absolute Gasteiger partial charge is 0.315 e. The first-order valence-corrected chi connectivity index (χ1v) is 6.82. The first kappa shape index (κ1) is 14.5. The van der Waals surface area contributed by atoms with E-state index in [4.69, 9.17) is 0 Å². The first-order chi connectivity index (χ1) is 9.56. The summed E-state index contributed by atoms with van der Waals surface area (Å²) in [7, 11) is 0. The van der Waals surface area contributed by atoms with Gasteiger partial charge in [-0.25, -0.2) is 4.98 Å². The van der Waals surface area contributed by atoms with Crippen molar-refractivity contribution >= 4 is 17.6 Å². The maximum Gasteiger partial charge on any atom is 0.315 e. The van der Waals surface area contributed by atoms with Crippen LogP contribution in [0.5, 0.6) is 0 Å². The molecule has 1 aliphatic rings. The quantitative estimate of drug-likeness (QED) is 0.731. The summed E-state index contributed by atoms with van der Waals surface area (Å²) in [6.45, 7) is 6.55. The average molecular weight is 276 g/mol. The summed E-state index contributed by atoms with van der Waals surface area (Å²) >= 11 is 0. The number of nitrogens with zero attached hydrogens (tertiary/aromatic N) is 2. The Morgan fingerprint density at radius 1 is 1.25 bits per heavy atom. The number of rotatable bonds is 1. The SMILES string of the molecule is Cc1cc(C)nc(NC(=O)C(=O)N2CCCNCC2)c1. The lowest BCUT2D eigenvalue weighted by Gasteiger charge is -2.19. The molecule has 1 aromatic heterocycles. The molecule has 0 aromatic carbocycles. The van der Waals surface area contributed by atoms with E-state index in [9.17, 15) is 9.59 Å². The highest BCUT2D eigenvalue weighted by Gasteiger charge is 2.22. The van der Waals surface area contributed by atoms with Gasteiger partial charge in [-0.2, -0.15) is 0 Å². The summed E-state index contributed by atoms with van der Waals surface area (Å²) in [6, 6.07) is 3.67. The van der Waals surface area contributed by atoms with Crippen LogP contribution < -0.4 is 10.6 Å². The van der Waals surface area contributed by atoms with E-state index < -0.39 is 11.8 Å². The molecule has 2 rings (SSSR count). The van der Waals surface area contributed by atoms with E-state index in [1.807, 2.05) is 19.9 Å². The van der Waals surface area contributed by atoms with E-state index in [0.29, 0.717) is 18.9 Å². The fourth-order valence-electron chi connectivity index (χ4n) is 2.27. The Balaban J connectivity index is 2.01. The lowest BCUT2D eigenvalue weighted by Crippen LogP contribution is -2.41. The Labute approximate surface area is 118 Å².